The van der Waals surface area contributed by atoms with Crippen molar-refractivity contribution in [3.8, 4) is 0 Å². The fourth-order valence-corrected chi connectivity index (χ4v) is 9.11. The molecule has 0 unspecified atom stereocenters. The van der Waals surface area contributed by atoms with Crippen molar-refractivity contribution in [3.05, 3.63) is 0 Å². The molecule has 18 heteroatoms. The number of nitrogens with one attached hydrogen (secondary N) is 4. The molecule has 42 heavy (non-hydrogen) atoms. The molecule has 0 aromatic rings. The number of nitrogens with zero attached hydrogens (tertiary/aromatic N) is 4. The second-order valence-corrected chi connectivity index (χ2v) is 16.5. The minimum Gasteiger partial charge on any atom is -0.397 e. The van der Waals surface area contributed by atoms with Gasteiger partial charge in [0.15, 0.2) is 11.6 Å². The van der Waals surface area contributed by atoms with E-state index in [1.165, 1.54) is 0 Å². The second kappa shape index (κ2) is 19.1. The Labute approximate surface area is 269 Å². The molecule has 0 aromatic carbocycles. The number of hydrogen-bond donors (Lipinski definition) is 4. The van der Waals surface area contributed by atoms with Crippen LogP contribution in [-0.2, 0) is 18.2 Å². The van der Waals surface area contributed by atoms with Gasteiger partial charge < -0.3 is 9.05 Å². The summed E-state index contributed by atoms with van der Waals surface area (Å²) in [6.07, 6.45) is 4.55. The monoisotopic (exact) mass is 710 g/mol. The Morgan fingerprint density at radius 2 is 1.07 bits per heavy atom. The van der Waals surface area contributed by atoms with E-state index in [9.17, 15) is 9.13 Å². The number of hydrogen-bond acceptors (Lipinski definition) is 10. The number of halogens is 4. The minimum atomic E-state index is -3.25. The molecule has 2 aliphatic heterocycles. The maximum Gasteiger partial charge on any atom is 0.343 e. The zero-order valence-corrected chi connectivity index (χ0v) is 29.4. The van der Waals surface area contributed by atoms with Gasteiger partial charge >= 0.3 is 27.1 Å². The lowest BCUT2D eigenvalue weighted by molar-refractivity contribution is 0.442. The average molecular weight is 712 g/mol. The summed E-state index contributed by atoms with van der Waals surface area (Å²) < 4.78 is 38.5. The highest BCUT2D eigenvalue weighted by molar-refractivity contribution is 7.58. The molecule has 2 heterocycles. The quantitative estimate of drug-likeness (QED) is 0.0391. The SMILES string of the molecule is CC(C)C[C@@H]1N=C(NN=C(CCl)CCl)O[P@@]1(=O)NCCCCCCN[P@@]1(=O)OC(NN=C(CCl)CCl)=N[C@@H]1CC(C)C. The van der Waals surface area contributed by atoms with E-state index in [1.54, 1.807) is 0 Å². The van der Waals surface area contributed by atoms with Gasteiger partial charge in [-0.05, 0) is 37.5 Å². The molecule has 0 spiro atoms. The van der Waals surface area contributed by atoms with Crippen LogP contribution in [0.4, 0.5) is 0 Å². The molecule has 0 amide bonds. The molecular formula is C24H44Cl4N8O4P2. The Kier molecular flexibility index (Phi) is 17.1. The predicted octanol–water partition coefficient (Wildman–Crippen LogP) is 6.48. The maximum atomic E-state index is 13.6. The Morgan fingerprint density at radius 1 is 0.714 bits per heavy atom. The van der Waals surface area contributed by atoms with Gasteiger partial charge in [-0.2, -0.15) is 10.2 Å². The number of unbranched alkanes of at least 4 members (excludes halogenated alkanes) is 3. The molecule has 2 aliphatic rings. The summed E-state index contributed by atoms with van der Waals surface area (Å²) in [6.45, 7) is 9.19. The third-order valence-corrected chi connectivity index (χ3v) is 11.8. The van der Waals surface area contributed by atoms with Gasteiger partial charge in [0.25, 0.3) is 0 Å². The summed E-state index contributed by atoms with van der Waals surface area (Å²) in [4.78, 5) is 8.90. The molecule has 12 nitrogen and oxygen atoms in total. The lowest BCUT2D eigenvalue weighted by Crippen LogP contribution is -2.23. The molecule has 0 bridgehead atoms. The van der Waals surface area contributed by atoms with E-state index >= 15 is 0 Å². The van der Waals surface area contributed by atoms with Gasteiger partial charge in [-0.25, -0.2) is 31.0 Å². The van der Waals surface area contributed by atoms with Gasteiger partial charge in [0.1, 0.15) is 0 Å². The molecule has 0 saturated heterocycles. The molecular weight excluding hydrogens is 668 g/mol. The molecule has 0 saturated carbocycles. The minimum absolute atomic E-state index is 0.0998. The van der Waals surface area contributed by atoms with Gasteiger partial charge in [0.2, 0.25) is 0 Å². The van der Waals surface area contributed by atoms with E-state index < -0.39 is 26.6 Å². The topological polar surface area (TPSA) is 150 Å². The number of aliphatic imine (C=N–C) groups is 2. The van der Waals surface area contributed by atoms with E-state index in [2.05, 4.69) is 41.2 Å². The first-order chi connectivity index (χ1) is 20.0. The van der Waals surface area contributed by atoms with Crippen molar-refractivity contribution in [3.63, 3.8) is 0 Å². The Morgan fingerprint density at radius 3 is 1.38 bits per heavy atom. The lowest BCUT2D eigenvalue weighted by atomic mass is 10.1. The third kappa shape index (κ3) is 12.4. The summed E-state index contributed by atoms with van der Waals surface area (Å²) in [5.41, 5.74) is 6.43. The van der Waals surface area contributed by atoms with Crippen LogP contribution in [-0.4, -0.2) is 71.6 Å². The summed E-state index contributed by atoms with van der Waals surface area (Å²) in [6, 6.07) is 0.200. The molecule has 4 N–H and O–H groups in total. The average Bonchev–Trinajstić information content (AvgIpc) is 3.41. The van der Waals surface area contributed by atoms with Crippen LogP contribution < -0.4 is 21.0 Å². The Hall–Kier alpha value is -0.580. The Bertz CT molecular complexity index is 983. The predicted molar refractivity (Wildman–Crippen MR) is 177 cm³/mol. The number of amidine groups is 2. The van der Waals surface area contributed by atoms with E-state index in [0.717, 1.165) is 25.7 Å². The number of hydrazone groups is 2. The van der Waals surface area contributed by atoms with E-state index in [1.807, 2.05) is 27.7 Å². The summed E-state index contributed by atoms with van der Waals surface area (Å²) in [5, 5.41) is 14.4. The van der Waals surface area contributed by atoms with Crippen molar-refractivity contribution < 1.29 is 18.2 Å². The van der Waals surface area contributed by atoms with Gasteiger partial charge in [-0.1, -0.05) is 40.5 Å². The summed E-state index contributed by atoms with van der Waals surface area (Å²) >= 11 is 23.2. The Balaban J connectivity index is 1.78. The first-order valence-corrected chi connectivity index (χ1v) is 19.6. The normalized spacial score (nSPS) is 25.1. The van der Waals surface area contributed by atoms with Gasteiger partial charge in [0, 0.05) is 13.1 Å². The zero-order chi connectivity index (χ0) is 31.2. The van der Waals surface area contributed by atoms with Crippen LogP contribution in [0.1, 0.15) is 66.2 Å². The highest BCUT2D eigenvalue weighted by Crippen LogP contribution is 2.55. The lowest BCUT2D eigenvalue weighted by Gasteiger charge is -2.20. The van der Waals surface area contributed by atoms with Crippen molar-refractivity contribution in [2.24, 2.45) is 32.0 Å². The second-order valence-electron chi connectivity index (χ2n) is 10.8. The summed E-state index contributed by atoms with van der Waals surface area (Å²) in [5.74, 6) is 0.230. The van der Waals surface area contributed by atoms with Crippen LogP contribution in [0.3, 0.4) is 0 Å². The van der Waals surface area contributed by atoms with Crippen LogP contribution in [0.15, 0.2) is 20.2 Å². The molecule has 2 rings (SSSR count). The van der Waals surface area contributed by atoms with E-state index in [4.69, 9.17) is 55.5 Å². The first-order valence-electron chi connectivity index (χ1n) is 14.1. The molecule has 0 aliphatic carbocycles. The number of rotatable bonds is 19. The van der Waals surface area contributed by atoms with Crippen LogP contribution in [0.5, 0.6) is 0 Å². The molecule has 0 fully saturated rings. The van der Waals surface area contributed by atoms with Crippen LogP contribution in [0, 0.1) is 11.8 Å². The van der Waals surface area contributed by atoms with Crippen LogP contribution >= 0.6 is 61.4 Å². The standard InChI is InChI=1S/C24H44Cl4N8O4P2/c1-17(2)11-21-31-23(35-33-19(13-25)14-26)39-41(21,37)29-9-7-5-6-8-10-30-42(38)22(12-18(3)4)32-24(40-42)36-34-20(15-27)16-28/h17-18,21-22H,5-16H2,1-4H3,(H,29,37)(H,30,38)(H,31,35)(H,32,36)/t21-,22+,41-,42+. The molecule has 0 radical (unpaired) electrons. The first kappa shape index (κ1) is 37.6. The van der Waals surface area contributed by atoms with Gasteiger partial charge in [-0.15, -0.1) is 46.4 Å². The van der Waals surface area contributed by atoms with Gasteiger partial charge in [0.05, 0.1) is 34.9 Å². The molecule has 4 atom stereocenters. The van der Waals surface area contributed by atoms with Crippen molar-refractivity contribution in [2.75, 3.05) is 36.6 Å². The fourth-order valence-electron chi connectivity index (χ4n) is 3.97. The van der Waals surface area contributed by atoms with Crippen LogP contribution in [0.25, 0.3) is 0 Å². The fraction of sp³-hybridized carbons (Fsp3) is 0.833. The molecule has 0 aromatic heterocycles. The zero-order valence-electron chi connectivity index (χ0n) is 24.6. The van der Waals surface area contributed by atoms with Crippen molar-refractivity contribution >= 4 is 84.9 Å². The highest BCUT2D eigenvalue weighted by atomic mass is 35.5. The van der Waals surface area contributed by atoms with Crippen LogP contribution in [0.2, 0.25) is 0 Å². The molecule has 242 valence electrons. The van der Waals surface area contributed by atoms with E-state index in [0.29, 0.717) is 37.4 Å². The smallest absolute Gasteiger partial charge is 0.343 e. The number of alkyl halides is 4. The largest absolute Gasteiger partial charge is 0.397 e. The van der Waals surface area contributed by atoms with E-state index in [-0.39, 0.29) is 47.4 Å². The third-order valence-electron chi connectivity index (χ3n) is 6.13. The maximum absolute atomic E-state index is 13.6. The van der Waals surface area contributed by atoms with Gasteiger partial charge in [-0.3, -0.25) is 9.13 Å². The summed E-state index contributed by atoms with van der Waals surface area (Å²) in [7, 11) is -6.51. The van der Waals surface area contributed by atoms with Crippen molar-refractivity contribution in [2.45, 2.75) is 77.8 Å². The van der Waals surface area contributed by atoms with Crippen molar-refractivity contribution in [1.29, 1.82) is 0 Å². The highest BCUT2D eigenvalue weighted by Gasteiger charge is 2.43. The van der Waals surface area contributed by atoms with Crippen molar-refractivity contribution in [1.82, 2.24) is 21.0 Å².